The summed E-state index contributed by atoms with van der Waals surface area (Å²) >= 11 is 0. The first kappa shape index (κ1) is 19.2. The third kappa shape index (κ3) is 4.38. The first-order valence-corrected chi connectivity index (χ1v) is 9.49. The number of rotatable bonds is 6. The molecule has 1 fully saturated rings. The van der Waals surface area contributed by atoms with Crippen LogP contribution in [-0.4, -0.2) is 18.9 Å². The number of ether oxygens (including phenoxy) is 2. The molecule has 3 rings (SSSR count). The van der Waals surface area contributed by atoms with Crippen molar-refractivity contribution in [3.63, 3.8) is 0 Å². The molecule has 2 aromatic carbocycles. The standard InChI is InChI=1S/C23H26O4/c1-17(24)16-22(25)27-21-12-8-19(9-13-21)23(14-4-3-5-15-23)18-6-10-20(26-2)11-7-18/h6-13H,3-5,14-16H2,1-2H3. The normalized spacial score (nSPS) is 15.8. The van der Waals surface area contributed by atoms with Gasteiger partial charge in [0.15, 0.2) is 0 Å². The molecular formula is C23H26O4. The highest BCUT2D eigenvalue weighted by molar-refractivity contribution is 5.94. The molecule has 4 heteroatoms. The van der Waals surface area contributed by atoms with Crippen LogP contribution >= 0.6 is 0 Å². The lowest BCUT2D eigenvalue weighted by molar-refractivity contribution is -0.137. The number of carbonyl (C=O) groups is 2. The fourth-order valence-corrected chi connectivity index (χ4v) is 4.02. The summed E-state index contributed by atoms with van der Waals surface area (Å²) in [5, 5.41) is 0. The SMILES string of the molecule is COc1ccc(C2(c3ccc(OC(=O)CC(C)=O)cc3)CCCCC2)cc1. The van der Waals surface area contributed by atoms with E-state index in [1.165, 1.54) is 37.3 Å². The van der Waals surface area contributed by atoms with Crippen molar-refractivity contribution in [2.45, 2.75) is 50.9 Å². The average molecular weight is 366 g/mol. The summed E-state index contributed by atoms with van der Waals surface area (Å²) in [7, 11) is 1.68. The highest BCUT2D eigenvalue weighted by atomic mass is 16.5. The van der Waals surface area contributed by atoms with Gasteiger partial charge < -0.3 is 9.47 Å². The number of esters is 1. The third-order valence-corrected chi connectivity index (χ3v) is 5.38. The Hall–Kier alpha value is -2.62. The van der Waals surface area contributed by atoms with Crippen molar-refractivity contribution in [1.82, 2.24) is 0 Å². The summed E-state index contributed by atoms with van der Waals surface area (Å²) in [6.07, 6.45) is 5.66. The summed E-state index contributed by atoms with van der Waals surface area (Å²) in [5.41, 5.74) is 2.51. The molecule has 0 aromatic heterocycles. The van der Waals surface area contributed by atoms with Crippen molar-refractivity contribution in [3.05, 3.63) is 59.7 Å². The number of Topliss-reactive ketones (excluding diaryl/α,β-unsaturated/α-hetero) is 1. The van der Waals surface area contributed by atoms with Crippen LogP contribution in [0.25, 0.3) is 0 Å². The maximum Gasteiger partial charge on any atom is 0.318 e. The average Bonchev–Trinajstić information content (AvgIpc) is 2.68. The molecule has 142 valence electrons. The second-order valence-corrected chi connectivity index (χ2v) is 7.25. The molecule has 1 aliphatic carbocycles. The lowest BCUT2D eigenvalue weighted by atomic mass is 9.65. The predicted molar refractivity (Wildman–Crippen MR) is 104 cm³/mol. The van der Waals surface area contributed by atoms with Gasteiger partial charge in [0, 0.05) is 5.41 Å². The zero-order valence-corrected chi connectivity index (χ0v) is 16.0. The van der Waals surface area contributed by atoms with Gasteiger partial charge >= 0.3 is 5.97 Å². The van der Waals surface area contributed by atoms with E-state index in [9.17, 15) is 9.59 Å². The van der Waals surface area contributed by atoms with E-state index in [4.69, 9.17) is 9.47 Å². The molecule has 27 heavy (non-hydrogen) atoms. The van der Waals surface area contributed by atoms with Gasteiger partial charge in [-0.2, -0.15) is 0 Å². The Morgan fingerprint density at radius 1 is 0.852 bits per heavy atom. The van der Waals surface area contributed by atoms with E-state index in [2.05, 4.69) is 12.1 Å². The van der Waals surface area contributed by atoms with Crippen molar-refractivity contribution in [3.8, 4) is 11.5 Å². The van der Waals surface area contributed by atoms with Gasteiger partial charge in [-0.25, -0.2) is 0 Å². The largest absolute Gasteiger partial charge is 0.497 e. The quantitative estimate of drug-likeness (QED) is 0.417. The van der Waals surface area contributed by atoms with E-state index < -0.39 is 5.97 Å². The van der Waals surface area contributed by atoms with Crippen molar-refractivity contribution in [1.29, 1.82) is 0 Å². The molecule has 2 aromatic rings. The number of carbonyl (C=O) groups excluding carboxylic acids is 2. The van der Waals surface area contributed by atoms with Gasteiger partial charge in [0.2, 0.25) is 0 Å². The molecule has 1 aliphatic rings. The molecule has 0 atom stereocenters. The van der Waals surface area contributed by atoms with E-state index in [1.807, 2.05) is 36.4 Å². The molecule has 1 saturated carbocycles. The van der Waals surface area contributed by atoms with Crippen LogP contribution < -0.4 is 9.47 Å². The molecule has 0 unspecified atom stereocenters. The number of methoxy groups -OCH3 is 1. The molecule has 0 saturated heterocycles. The van der Waals surface area contributed by atoms with Crippen molar-refractivity contribution in [2.75, 3.05) is 7.11 Å². The fourth-order valence-electron chi connectivity index (χ4n) is 4.02. The fraction of sp³-hybridized carbons (Fsp3) is 0.391. The van der Waals surface area contributed by atoms with E-state index in [0.717, 1.165) is 18.6 Å². The second-order valence-electron chi connectivity index (χ2n) is 7.25. The Kier molecular flexibility index (Phi) is 5.94. The topological polar surface area (TPSA) is 52.6 Å². The zero-order chi connectivity index (χ0) is 19.3. The Balaban J connectivity index is 1.86. The van der Waals surface area contributed by atoms with Gasteiger partial charge in [-0.1, -0.05) is 43.5 Å². The smallest absolute Gasteiger partial charge is 0.318 e. The van der Waals surface area contributed by atoms with E-state index in [1.54, 1.807) is 7.11 Å². The lowest BCUT2D eigenvalue weighted by Gasteiger charge is -2.38. The Labute approximate surface area is 160 Å². The minimum Gasteiger partial charge on any atom is -0.497 e. The number of hydrogen-bond donors (Lipinski definition) is 0. The predicted octanol–water partition coefficient (Wildman–Crippen LogP) is 4.83. The maximum absolute atomic E-state index is 11.7. The van der Waals surface area contributed by atoms with Gasteiger partial charge in [0.05, 0.1) is 7.11 Å². The van der Waals surface area contributed by atoms with Crippen LogP contribution in [0.5, 0.6) is 11.5 Å². The number of hydrogen-bond acceptors (Lipinski definition) is 4. The molecule has 0 N–H and O–H groups in total. The minimum atomic E-state index is -0.516. The number of benzene rings is 2. The molecule has 0 amide bonds. The van der Waals surface area contributed by atoms with Crippen LogP contribution in [0.1, 0.15) is 56.6 Å². The van der Waals surface area contributed by atoms with Crippen LogP contribution in [0.2, 0.25) is 0 Å². The highest BCUT2D eigenvalue weighted by Gasteiger charge is 2.35. The van der Waals surface area contributed by atoms with E-state index >= 15 is 0 Å². The molecule has 0 spiro atoms. The molecule has 0 heterocycles. The first-order chi connectivity index (χ1) is 13.0. The highest BCUT2D eigenvalue weighted by Crippen LogP contribution is 2.45. The summed E-state index contributed by atoms with van der Waals surface area (Å²) in [4.78, 5) is 22.7. The zero-order valence-electron chi connectivity index (χ0n) is 16.0. The summed E-state index contributed by atoms with van der Waals surface area (Å²) in [5.74, 6) is 0.623. The molecule has 4 nitrogen and oxygen atoms in total. The van der Waals surface area contributed by atoms with E-state index in [0.29, 0.717) is 5.75 Å². The van der Waals surface area contributed by atoms with Gasteiger partial charge in [-0.05, 0) is 55.2 Å². The summed E-state index contributed by atoms with van der Waals surface area (Å²) in [6.45, 7) is 1.38. The molecule has 0 radical (unpaired) electrons. The minimum absolute atomic E-state index is 0.0214. The van der Waals surface area contributed by atoms with Crippen LogP contribution in [0, 0.1) is 0 Å². The first-order valence-electron chi connectivity index (χ1n) is 9.49. The van der Waals surface area contributed by atoms with Gasteiger partial charge in [0.1, 0.15) is 23.7 Å². The maximum atomic E-state index is 11.7. The molecule has 0 aliphatic heterocycles. The van der Waals surface area contributed by atoms with Crippen LogP contribution in [0.4, 0.5) is 0 Å². The van der Waals surface area contributed by atoms with Crippen molar-refractivity contribution >= 4 is 11.8 Å². The van der Waals surface area contributed by atoms with Gasteiger partial charge in [-0.15, -0.1) is 0 Å². The van der Waals surface area contributed by atoms with Gasteiger partial charge in [-0.3, -0.25) is 9.59 Å². The molecule has 0 bridgehead atoms. The molecular weight excluding hydrogens is 340 g/mol. The van der Waals surface area contributed by atoms with Crippen molar-refractivity contribution in [2.24, 2.45) is 0 Å². The van der Waals surface area contributed by atoms with Crippen LogP contribution in [0.15, 0.2) is 48.5 Å². The van der Waals surface area contributed by atoms with Crippen LogP contribution in [0.3, 0.4) is 0 Å². The summed E-state index contributed by atoms with van der Waals surface area (Å²) in [6, 6.07) is 16.1. The second kappa shape index (κ2) is 8.38. The monoisotopic (exact) mass is 366 g/mol. The van der Waals surface area contributed by atoms with Crippen LogP contribution in [-0.2, 0) is 15.0 Å². The van der Waals surface area contributed by atoms with Gasteiger partial charge in [0.25, 0.3) is 0 Å². The van der Waals surface area contributed by atoms with E-state index in [-0.39, 0.29) is 17.6 Å². The lowest BCUT2D eigenvalue weighted by Crippen LogP contribution is -2.30. The number of ketones is 1. The summed E-state index contributed by atoms with van der Waals surface area (Å²) < 4.78 is 10.6. The Morgan fingerprint density at radius 2 is 1.37 bits per heavy atom. The Morgan fingerprint density at radius 3 is 1.85 bits per heavy atom. The Bertz CT molecular complexity index is 784. The van der Waals surface area contributed by atoms with Crippen molar-refractivity contribution < 1.29 is 19.1 Å². The third-order valence-electron chi connectivity index (χ3n) is 5.38.